The first-order valence-electron chi connectivity index (χ1n) is 7.25. The minimum Gasteiger partial charge on any atom is -0.330 e. The van der Waals surface area contributed by atoms with Crippen LogP contribution in [0, 0.1) is 11.2 Å². The van der Waals surface area contributed by atoms with Gasteiger partial charge in [0.15, 0.2) is 0 Å². The van der Waals surface area contributed by atoms with Crippen molar-refractivity contribution < 1.29 is 4.39 Å². The number of nitrogens with zero attached hydrogens (tertiary/aromatic N) is 2. The molecule has 1 unspecified atom stereocenters. The molecule has 110 valence electrons. The first kappa shape index (κ1) is 14.0. The summed E-state index contributed by atoms with van der Waals surface area (Å²) >= 11 is 0. The lowest BCUT2D eigenvalue weighted by Gasteiger charge is -2.33. The van der Waals surface area contributed by atoms with Crippen LogP contribution >= 0.6 is 0 Å². The maximum Gasteiger partial charge on any atom is 0.123 e. The van der Waals surface area contributed by atoms with E-state index in [1.807, 2.05) is 10.9 Å². The lowest BCUT2D eigenvalue weighted by atomic mass is 9.72. The number of halogens is 1. The Morgan fingerprint density at radius 2 is 2.05 bits per heavy atom. The molecule has 1 heterocycles. The molecule has 0 radical (unpaired) electrons. The van der Waals surface area contributed by atoms with Gasteiger partial charge in [-0.25, -0.2) is 9.07 Å². The van der Waals surface area contributed by atoms with E-state index in [0.717, 1.165) is 24.2 Å². The molecular formula is C17H20FN3. The predicted molar refractivity (Wildman–Crippen MR) is 82.7 cm³/mol. The third-order valence-electron chi connectivity index (χ3n) is 4.54. The van der Waals surface area contributed by atoms with Gasteiger partial charge in [-0.2, -0.15) is 5.10 Å². The Morgan fingerprint density at radius 3 is 2.71 bits per heavy atom. The zero-order valence-electron chi connectivity index (χ0n) is 12.4. The van der Waals surface area contributed by atoms with E-state index in [1.165, 1.54) is 23.3 Å². The number of benzene rings is 1. The van der Waals surface area contributed by atoms with Gasteiger partial charge in [0.1, 0.15) is 5.82 Å². The second-order valence-electron chi connectivity index (χ2n) is 6.05. The van der Waals surface area contributed by atoms with Gasteiger partial charge in [0.2, 0.25) is 0 Å². The van der Waals surface area contributed by atoms with Crippen LogP contribution in [-0.4, -0.2) is 16.3 Å². The number of hydrogen-bond donors (Lipinski definition) is 1. The summed E-state index contributed by atoms with van der Waals surface area (Å²) < 4.78 is 14.9. The monoisotopic (exact) mass is 285 g/mol. The molecule has 2 aromatic rings. The lowest BCUT2D eigenvalue weighted by molar-refractivity contribution is 0.366. The number of allylic oxidation sites excluding steroid dienone is 1. The smallest absolute Gasteiger partial charge is 0.123 e. The van der Waals surface area contributed by atoms with Crippen molar-refractivity contribution in [1.29, 1.82) is 0 Å². The fraction of sp³-hybridized carbons (Fsp3) is 0.353. The SMILES string of the molecule is CC1=Cc2c(cnn2-c2ccc(F)cc2)CC1(C)CCN. The molecular weight excluding hydrogens is 265 g/mol. The van der Waals surface area contributed by atoms with Crippen molar-refractivity contribution >= 4 is 6.08 Å². The van der Waals surface area contributed by atoms with Crippen molar-refractivity contribution in [2.24, 2.45) is 11.1 Å². The summed E-state index contributed by atoms with van der Waals surface area (Å²) in [7, 11) is 0. The highest BCUT2D eigenvalue weighted by Crippen LogP contribution is 2.40. The van der Waals surface area contributed by atoms with E-state index >= 15 is 0 Å². The highest BCUT2D eigenvalue weighted by Gasteiger charge is 2.32. The molecule has 0 saturated carbocycles. The first-order valence-corrected chi connectivity index (χ1v) is 7.25. The first-order chi connectivity index (χ1) is 10.0. The summed E-state index contributed by atoms with van der Waals surface area (Å²) in [6, 6.07) is 6.42. The van der Waals surface area contributed by atoms with Crippen molar-refractivity contribution in [3.05, 3.63) is 53.1 Å². The highest BCUT2D eigenvalue weighted by atomic mass is 19.1. The summed E-state index contributed by atoms with van der Waals surface area (Å²) in [6.45, 7) is 5.09. The van der Waals surface area contributed by atoms with E-state index < -0.39 is 0 Å². The normalized spacial score (nSPS) is 21.0. The molecule has 0 aliphatic heterocycles. The van der Waals surface area contributed by atoms with Crippen molar-refractivity contribution in [2.75, 3.05) is 6.54 Å². The topological polar surface area (TPSA) is 43.8 Å². The molecule has 1 aliphatic rings. The van der Waals surface area contributed by atoms with Crippen LogP contribution in [0.5, 0.6) is 0 Å². The van der Waals surface area contributed by atoms with E-state index in [1.54, 1.807) is 12.1 Å². The molecule has 0 amide bonds. The lowest BCUT2D eigenvalue weighted by Crippen LogP contribution is -2.27. The quantitative estimate of drug-likeness (QED) is 0.940. The molecule has 1 aromatic carbocycles. The van der Waals surface area contributed by atoms with Crippen molar-refractivity contribution in [3.8, 4) is 5.69 Å². The Hall–Kier alpha value is -1.94. The molecule has 0 fully saturated rings. The van der Waals surface area contributed by atoms with Gasteiger partial charge in [-0.15, -0.1) is 0 Å². The molecule has 1 aromatic heterocycles. The number of fused-ring (bicyclic) bond motifs is 1. The summed E-state index contributed by atoms with van der Waals surface area (Å²) in [6.07, 6.45) is 6.01. The van der Waals surface area contributed by atoms with Crippen LogP contribution in [0.3, 0.4) is 0 Å². The average molecular weight is 285 g/mol. The van der Waals surface area contributed by atoms with Crippen LogP contribution in [-0.2, 0) is 6.42 Å². The van der Waals surface area contributed by atoms with Crippen molar-refractivity contribution in [1.82, 2.24) is 9.78 Å². The summed E-state index contributed by atoms with van der Waals surface area (Å²) in [5, 5.41) is 4.48. The highest BCUT2D eigenvalue weighted by molar-refractivity contribution is 5.60. The number of rotatable bonds is 3. The van der Waals surface area contributed by atoms with Gasteiger partial charge in [-0.3, -0.25) is 0 Å². The Labute approximate surface area is 124 Å². The summed E-state index contributed by atoms with van der Waals surface area (Å²) in [5.74, 6) is -0.234. The van der Waals surface area contributed by atoms with E-state index in [9.17, 15) is 4.39 Å². The molecule has 4 heteroatoms. The largest absolute Gasteiger partial charge is 0.330 e. The van der Waals surface area contributed by atoms with Gasteiger partial charge in [0, 0.05) is 0 Å². The Morgan fingerprint density at radius 1 is 1.33 bits per heavy atom. The van der Waals surface area contributed by atoms with Crippen LogP contribution in [0.25, 0.3) is 11.8 Å². The number of aromatic nitrogens is 2. The molecule has 3 rings (SSSR count). The predicted octanol–water partition coefficient (Wildman–Crippen LogP) is 3.33. The number of hydrogen-bond acceptors (Lipinski definition) is 2. The second-order valence-corrected chi connectivity index (χ2v) is 6.05. The Balaban J connectivity index is 2.03. The molecule has 0 bridgehead atoms. The fourth-order valence-corrected chi connectivity index (χ4v) is 3.01. The standard InChI is InChI=1S/C17H20FN3/c1-12-9-16-13(10-17(12,2)7-8-19)11-20-21(16)15-5-3-14(18)4-6-15/h3-6,9,11H,7-8,10,19H2,1-2H3. The maximum atomic E-state index is 13.1. The molecule has 1 atom stereocenters. The molecule has 21 heavy (non-hydrogen) atoms. The van der Waals surface area contributed by atoms with E-state index in [-0.39, 0.29) is 11.2 Å². The van der Waals surface area contributed by atoms with Crippen LogP contribution in [0.2, 0.25) is 0 Å². The minimum atomic E-state index is -0.234. The van der Waals surface area contributed by atoms with Crippen LogP contribution in [0.1, 0.15) is 31.5 Å². The summed E-state index contributed by atoms with van der Waals surface area (Å²) in [5.41, 5.74) is 10.4. The molecule has 0 saturated heterocycles. The molecule has 1 aliphatic carbocycles. The van der Waals surface area contributed by atoms with Gasteiger partial charge >= 0.3 is 0 Å². The molecule has 2 N–H and O–H groups in total. The van der Waals surface area contributed by atoms with Gasteiger partial charge in [-0.05, 0) is 67.6 Å². The van der Waals surface area contributed by atoms with Gasteiger partial charge in [0.05, 0.1) is 17.6 Å². The van der Waals surface area contributed by atoms with Gasteiger partial charge < -0.3 is 5.73 Å². The third kappa shape index (κ3) is 2.40. The van der Waals surface area contributed by atoms with E-state index in [4.69, 9.17) is 5.73 Å². The van der Waals surface area contributed by atoms with E-state index in [2.05, 4.69) is 25.0 Å². The minimum absolute atomic E-state index is 0.110. The Kier molecular flexibility index (Phi) is 3.41. The van der Waals surface area contributed by atoms with E-state index in [0.29, 0.717) is 6.54 Å². The third-order valence-corrected chi connectivity index (χ3v) is 4.54. The maximum absolute atomic E-state index is 13.1. The van der Waals surface area contributed by atoms with Crippen LogP contribution in [0.4, 0.5) is 4.39 Å². The van der Waals surface area contributed by atoms with Crippen molar-refractivity contribution in [3.63, 3.8) is 0 Å². The molecule has 0 spiro atoms. The number of nitrogens with two attached hydrogens (primary N) is 1. The zero-order valence-corrected chi connectivity index (χ0v) is 12.4. The van der Waals surface area contributed by atoms with Crippen LogP contribution < -0.4 is 5.73 Å². The molecule has 3 nitrogen and oxygen atoms in total. The zero-order chi connectivity index (χ0) is 15.0. The fourth-order valence-electron chi connectivity index (χ4n) is 3.01. The average Bonchev–Trinajstić information content (AvgIpc) is 2.83. The summed E-state index contributed by atoms with van der Waals surface area (Å²) in [4.78, 5) is 0. The van der Waals surface area contributed by atoms with Crippen molar-refractivity contribution in [2.45, 2.75) is 26.7 Å². The Bertz CT molecular complexity index is 685. The van der Waals surface area contributed by atoms with Gasteiger partial charge in [0.25, 0.3) is 0 Å². The van der Waals surface area contributed by atoms with Gasteiger partial charge in [-0.1, -0.05) is 12.5 Å². The second kappa shape index (κ2) is 5.11. The van der Waals surface area contributed by atoms with Crippen LogP contribution in [0.15, 0.2) is 36.0 Å².